The van der Waals surface area contributed by atoms with Crippen molar-refractivity contribution in [2.24, 2.45) is 0 Å². The average Bonchev–Trinajstić information content (AvgIpc) is 2.91. The van der Waals surface area contributed by atoms with Crippen molar-refractivity contribution in [1.82, 2.24) is 15.3 Å². The highest BCUT2D eigenvalue weighted by Gasteiger charge is 2.09. The van der Waals surface area contributed by atoms with Crippen LogP contribution < -0.4 is 5.32 Å². The number of pyridine rings is 1. The molecule has 3 aromatic rings. The minimum absolute atomic E-state index is 0.257. The molecule has 2 aromatic heterocycles. The Morgan fingerprint density at radius 2 is 2.10 bits per heavy atom. The first-order valence-electron chi connectivity index (χ1n) is 6.71. The summed E-state index contributed by atoms with van der Waals surface area (Å²) in [7, 11) is 0. The van der Waals surface area contributed by atoms with Crippen LogP contribution in [0.3, 0.4) is 0 Å². The summed E-state index contributed by atoms with van der Waals surface area (Å²) in [6.45, 7) is 4.98. The van der Waals surface area contributed by atoms with Gasteiger partial charge in [-0.15, -0.1) is 11.3 Å². The SMILES string of the molecule is Cc1csc(C(C)NCc2cncc3ccccc23)n1. The standard InChI is InChI=1S/C16H17N3S/c1-11-10-20-16(19-11)12(2)18-9-14-8-17-7-13-5-3-4-6-15(13)14/h3-8,10,12,18H,9H2,1-2H3. The summed E-state index contributed by atoms with van der Waals surface area (Å²) in [5.41, 5.74) is 2.31. The van der Waals surface area contributed by atoms with Gasteiger partial charge in [0.15, 0.2) is 0 Å². The molecule has 0 radical (unpaired) electrons. The molecule has 1 N–H and O–H groups in total. The number of nitrogens with zero attached hydrogens (tertiary/aromatic N) is 2. The fraction of sp³-hybridized carbons (Fsp3) is 0.250. The molecule has 3 nitrogen and oxygen atoms in total. The maximum absolute atomic E-state index is 4.53. The van der Waals surface area contributed by atoms with Crippen LogP contribution in [-0.4, -0.2) is 9.97 Å². The molecule has 0 aliphatic rings. The highest BCUT2D eigenvalue weighted by atomic mass is 32.1. The lowest BCUT2D eigenvalue weighted by atomic mass is 10.1. The van der Waals surface area contributed by atoms with E-state index in [2.05, 4.69) is 45.8 Å². The number of fused-ring (bicyclic) bond motifs is 1. The number of thiazole rings is 1. The molecule has 3 rings (SSSR count). The zero-order valence-electron chi connectivity index (χ0n) is 11.6. The van der Waals surface area contributed by atoms with Crippen molar-refractivity contribution in [3.8, 4) is 0 Å². The van der Waals surface area contributed by atoms with Crippen LogP contribution in [0.4, 0.5) is 0 Å². The summed E-state index contributed by atoms with van der Waals surface area (Å²) >= 11 is 1.71. The summed E-state index contributed by atoms with van der Waals surface area (Å²) in [6.07, 6.45) is 3.85. The molecule has 102 valence electrons. The molecule has 4 heteroatoms. The van der Waals surface area contributed by atoms with Gasteiger partial charge in [0.2, 0.25) is 0 Å². The van der Waals surface area contributed by atoms with E-state index >= 15 is 0 Å². The Morgan fingerprint density at radius 3 is 2.90 bits per heavy atom. The lowest BCUT2D eigenvalue weighted by Gasteiger charge is -2.12. The second kappa shape index (κ2) is 5.69. The van der Waals surface area contributed by atoms with Crippen LogP contribution in [0.25, 0.3) is 10.8 Å². The van der Waals surface area contributed by atoms with Crippen LogP contribution in [0.2, 0.25) is 0 Å². The first-order valence-corrected chi connectivity index (χ1v) is 7.59. The molecule has 1 atom stereocenters. The molecule has 20 heavy (non-hydrogen) atoms. The van der Waals surface area contributed by atoms with E-state index in [-0.39, 0.29) is 6.04 Å². The quantitative estimate of drug-likeness (QED) is 0.790. The van der Waals surface area contributed by atoms with E-state index < -0.39 is 0 Å². The van der Waals surface area contributed by atoms with Crippen molar-refractivity contribution < 1.29 is 0 Å². The molecule has 0 amide bonds. The largest absolute Gasteiger partial charge is 0.304 e. The molecule has 0 spiro atoms. The van der Waals surface area contributed by atoms with Crippen molar-refractivity contribution >= 4 is 22.1 Å². The van der Waals surface area contributed by atoms with Crippen LogP contribution in [0.15, 0.2) is 42.0 Å². The van der Waals surface area contributed by atoms with Gasteiger partial charge in [0.05, 0.1) is 6.04 Å². The van der Waals surface area contributed by atoms with Crippen molar-refractivity contribution in [2.45, 2.75) is 26.4 Å². The van der Waals surface area contributed by atoms with Gasteiger partial charge in [0.25, 0.3) is 0 Å². The topological polar surface area (TPSA) is 37.8 Å². The van der Waals surface area contributed by atoms with Crippen LogP contribution in [0.1, 0.15) is 29.2 Å². The fourth-order valence-electron chi connectivity index (χ4n) is 2.24. The van der Waals surface area contributed by atoms with Gasteiger partial charge < -0.3 is 5.32 Å². The number of aromatic nitrogens is 2. The Labute approximate surface area is 122 Å². The summed E-state index contributed by atoms with van der Waals surface area (Å²) in [5.74, 6) is 0. The highest BCUT2D eigenvalue weighted by Crippen LogP contribution is 2.20. The molecule has 1 aromatic carbocycles. The smallest absolute Gasteiger partial charge is 0.110 e. The third-order valence-corrected chi connectivity index (χ3v) is 4.50. The van der Waals surface area contributed by atoms with E-state index in [0.29, 0.717) is 0 Å². The molecule has 0 aliphatic heterocycles. The molecule has 2 heterocycles. The zero-order valence-corrected chi connectivity index (χ0v) is 12.4. The monoisotopic (exact) mass is 283 g/mol. The minimum Gasteiger partial charge on any atom is -0.304 e. The molecule has 0 fully saturated rings. The summed E-state index contributed by atoms with van der Waals surface area (Å²) in [6, 6.07) is 8.61. The Morgan fingerprint density at radius 1 is 1.25 bits per heavy atom. The predicted molar refractivity (Wildman–Crippen MR) is 83.8 cm³/mol. The third-order valence-electron chi connectivity index (χ3n) is 3.36. The highest BCUT2D eigenvalue weighted by molar-refractivity contribution is 7.09. The Kier molecular flexibility index (Phi) is 3.76. The molecule has 0 saturated heterocycles. The lowest BCUT2D eigenvalue weighted by Crippen LogP contribution is -2.18. The van der Waals surface area contributed by atoms with E-state index in [1.807, 2.05) is 25.4 Å². The second-order valence-corrected chi connectivity index (χ2v) is 5.84. The van der Waals surface area contributed by atoms with Crippen LogP contribution in [-0.2, 0) is 6.54 Å². The van der Waals surface area contributed by atoms with Crippen LogP contribution >= 0.6 is 11.3 Å². The fourth-order valence-corrected chi connectivity index (χ4v) is 3.07. The van der Waals surface area contributed by atoms with E-state index in [1.54, 1.807) is 11.3 Å². The van der Waals surface area contributed by atoms with Gasteiger partial charge in [-0.25, -0.2) is 4.98 Å². The van der Waals surface area contributed by atoms with Gasteiger partial charge in [-0.3, -0.25) is 4.98 Å². The number of rotatable bonds is 4. The number of benzene rings is 1. The molecule has 1 unspecified atom stereocenters. The van der Waals surface area contributed by atoms with Gasteiger partial charge in [0.1, 0.15) is 5.01 Å². The molecular formula is C16H17N3S. The second-order valence-electron chi connectivity index (χ2n) is 4.95. The number of aryl methyl sites for hydroxylation is 1. The van der Waals surface area contributed by atoms with Crippen LogP contribution in [0, 0.1) is 6.92 Å². The van der Waals surface area contributed by atoms with Crippen molar-refractivity contribution in [3.05, 3.63) is 58.3 Å². The number of hydrogen-bond acceptors (Lipinski definition) is 4. The van der Waals surface area contributed by atoms with Crippen molar-refractivity contribution in [3.63, 3.8) is 0 Å². The third kappa shape index (κ3) is 2.71. The van der Waals surface area contributed by atoms with Crippen molar-refractivity contribution in [2.75, 3.05) is 0 Å². The molecular weight excluding hydrogens is 266 g/mol. The van der Waals surface area contributed by atoms with E-state index in [9.17, 15) is 0 Å². The minimum atomic E-state index is 0.257. The normalized spacial score (nSPS) is 12.7. The predicted octanol–water partition coefficient (Wildman–Crippen LogP) is 3.85. The molecule has 0 aliphatic carbocycles. The number of nitrogens with one attached hydrogen (secondary N) is 1. The Bertz CT molecular complexity index is 715. The first-order chi connectivity index (χ1) is 9.74. The Hall–Kier alpha value is -1.78. The maximum atomic E-state index is 4.53. The lowest BCUT2D eigenvalue weighted by molar-refractivity contribution is 0.572. The zero-order chi connectivity index (χ0) is 13.9. The van der Waals surface area contributed by atoms with Crippen molar-refractivity contribution in [1.29, 1.82) is 0 Å². The number of hydrogen-bond donors (Lipinski definition) is 1. The first kappa shape index (κ1) is 13.2. The van der Waals surface area contributed by atoms with Gasteiger partial charge in [-0.2, -0.15) is 0 Å². The van der Waals surface area contributed by atoms with Crippen LogP contribution in [0.5, 0.6) is 0 Å². The van der Waals surface area contributed by atoms with E-state index in [0.717, 1.165) is 17.2 Å². The Balaban J connectivity index is 1.77. The summed E-state index contributed by atoms with van der Waals surface area (Å²) in [5, 5.41) is 9.20. The van der Waals surface area contributed by atoms with Gasteiger partial charge in [-0.1, -0.05) is 24.3 Å². The summed E-state index contributed by atoms with van der Waals surface area (Å²) < 4.78 is 0. The van der Waals surface area contributed by atoms with Gasteiger partial charge >= 0.3 is 0 Å². The van der Waals surface area contributed by atoms with Gasteiger partial charge in [0, 0.05) is 35.4 Å². The van der Waals surface area contributed by atoms with Gasteiger partial charge in [-0.05, 0) is 24.8 Å². The summed E-state index contributed by atoms with van der Waals surface area (Å²) in [4.78, 5) is 8.84. The molecule has 0 bridgehead atoms. The van der Waals surface area contributed by atoms with E-state index in [4.69, 9.17) is 0 Å². The van der Waals surface area contributed by atoms with E-state index in [1.165, 1.54) is 16.3 Å². The molecule has 0 saturated carbocycles. The maximum Gasteiger partial charge on any atom is 0.110 e. The average molecular weight is 283 g/mol.